The molecule has 2 aromatic carbocycles. The highest BCUT2D eigenvalue weighted by Crippen LogP contribution is 2.34. The van der Waals surface area contributed by atoms with Gasteiger partial charge in [-0.05, 0) is 87.6 Å². The van der Waals surface area contributed by atoms with Gasteiger partial charge in [-0.3, -0.25) is 9.52 Å². The van der Waals surface area contributed by atoms with Gasteiger partial charge in [0.25, 0.3) is 15.6 Å². The zero-order valence-electron chi connectivity index (χ0n) is 19.6. The van der Waals surface area contributed by atoms with Crippen LogP contribution in [0.5, 0.6) is 11.5 Å². The summed E-state index contributed by atoms with van der Waals surface area (Å²) < 4.78 is 41.5. The Labute approximate surface area is 199 Å². The summed E-state index contributed by atoms with van der Waals surface area (Å²) in [5, 5.41) is 4.60. The third-order valence-electron chi connectivity index (χ3n) is 5.91. The lowest BCUT2D eigenvalue weighted by molar-refractivity contribution is 0.340. The Morgan fingerprint density at radius 3 is 2.38 bits per heavy atom. The van der Waals surface area contributed by atoms with Gasteiger partial charge >= 0.3 is 0 Å². The molecule has 0 aliphatic heterocycles. The Balaban J connectivity index is 1.78. The monoisotopic (exact) mass is 483 g/mol. The van der Waals surface area contributed by atoms with Crippen molar-refractivity contribution in [1.29, 1.82) is 0 Å². The van der Waals surface area contributed by atoms with E-state index in [1.165, 1.54) is 11.8 Å². The fourth-order valence-electron chi connectivity index (χ4n) is 4.26. The first-order valence-corrected chi connectivity index (χ1v) is 12.9. The number of rotatable bonds is 8. The van der Waals surface area contributed by atoms with E-state index in [1.54, 1.807) is 42.5 Å². The van der Waals surface area contributed by atoms with Gasteiger partial charge in [0.1, 0.15) is 16.4 Å². The molecule has 0 unspecified atom stereocenters. The van der Waals surface area contributed by atoms with Crippen LogP contribution in [0.1, 0.15) is 37.8 Å². The van der Waals surface area contributed by atoms with E-state index in [-0.39, 0.29) is 16.2 Å². The van der Waals surface area contributed by atoms with Crippen molar-refractivity contribution >= 4 is 15.7 Å². The standard InChI is InChI=1S/C25H29N3O5S/c1-4-28-25(29)21-9-7-6-8-20(21)24(26-28)17-10-15-22(32-3)23(16-17)34(30,31)27-18-11-13-19(14-12-18)33-5-2/h10-16,27H,4-9H2,1-3H3. The van der Waals surface area contributed by atoms with Crippen LogP contribution in [0.15, 0.2) is 52.2 Å². The third kappa shape index (κ3) is 4.65. The van der Waals surface area contributed by atoms with E-state index in [0.29, 0.717) is 42.3 Å². The smallest absolute Gasteiger partial charge is 0.270 e. The van der Waals surface area contributed by atoms with Crippen molar-refractivity contribution in [2.45, 2.75) is 51.0 Å². The zero-order valence-corrected chi connectivity index (χ0v) is 20.4. The fraction of sp³-hybridized carbons (Fsp3) is 0.360. The number of hydrogen-bond acceptors (Lipinski definition) is 6. The number of aryl methyl sites for hydroxylation is 1. The fourth-order valence-corrected chi connectivity index (χ4v) is 5.52. The summed E-state index contributed by atoms with van der Waals surface area (Å²) in [6, 6.07) is 11.7. The summed E-state index contributed by atoms with van der Waals surface area (Å²) in [5.74, 6) is 0.881. The Hall–Kier alpha value is -3.33. The molecule has 0 bridgehead atoms. The molecule has 1 aliphatic rings. The molecule has 3 aromatic rings. The number of benzene rings is 2. The van der Waals surface area contributed by atoms with Crippen molar-refractivity contribution in [2.75, 3.05) is 18.4 Å². The zero-order chi connectivity index (χ0) is 24.3. The van der Waals surface area contributed by atoms with E-state index >= 15 is 0 Å². The summed E-state index contributed by atoms with van der Waals surface area (Å²) in [6.45, 7) is 4.73. The van der Waals surface area contributed by atoms with Gasteiger partial charge < -0.3 is 9.47 Å². The van der Waals surface area contributed by atoms with Crippen molar-refractivity contribution in [2.24, 2.45) is 0 Å². The molecular formula is C25H29N3O5S. The molecule has 8 nitrogen and oxygen atoms in total. The number of nitrogens with one attached hydrogen (secondary N) is 1. The first-order chi connectivity index (χ1) is 16.4. The van der Waals surface area contributed by atoms with Crippen molar-refractivity contribution in [3.63, 3.8) is 0 Å². The molecule has 1 aromatic heterocycles. The number of aromatic nitrogens is 2. The van der Waals surface area contributed by atoms with Crippen LogP contribution in [-0.2, 0) is 29.4 Å². The van der Waals surface area contributed by atoms with Gasteiger partial charge in [-0.2, -0.15) is 5.10 Å². The van der Waals surface area contributed by atoms with E-state index in [1.807, 2.05) is 13.8 Å². The van der Waals surface area contributed by atoms with Crippen LogP contribution in [0.4, 0.5) is 5.69 Å². The predicted octanol–water partition coefficient (Wildman–Crippen LogP) is 4.02. The van der Waals surface area contributed by atoms with Crippen LogP contribution in [0.2, 0.25) is 0 Å². The number of anilines is 1. The maximum absolute atomic E-state index is 13.3. The predicted molar refractivity (Wildman–Crippen MR) is 131 cm³/mol. The molecule has 0 amide bonds. The Kier molecular flexibility index (Phi) is 6.92. The lowest BCUT2D eigenvalue weighted by atomic mass is 9.90. The minimum atomic E-state index is -3.97. The van der Waals surface area contributed by atoms with Crippen molar-refractivity contribution in [3.8, 4) is 22.8 Å². The van der Waals surface area contributed by atoms with Gasteiger partial charge in [0, 0.05) is 23.4 Å². The van der Waals surface area contributed by atoms with Crippen LogP contribution in [0, 0.1) is 0 Å². The van der Waals surface area contributed by atoms with Crippen LogP contribution in [0.3, 0.4) is 0 Å². The Bertz CT molecular complexity index is 1350. The number of ether oxygens (including phenoxy) is 2. The van der Waals surface area contributed by atoms with Gasteiger partial charge in [0.2, 0.25) is 0 Å². The molecule has 0 saturated carbocycles. The number of methoxy groups -OCH3 is 1. The van der Waals surface area contributed by atoms with E-state index in [2.05, 4.69) is 9.82 Å². The molecule has 1 aliphatic carbocycles. The highest BCUT2D eigenvalue weighted by atomic mass is 32.2. The Morgan fingerprint density at radius 1 is 1.03 bits per heavy atom. The average molecular weight is 484 g/mol. The lowest BCUT2D eigenvalue weighted by Crippen LogP contribution is -2.30. The highest BCUT2D eigenvalue weighted by molar-refractivity contribution is 7.92. The topological polar surface area (TPSA) is 99.5 Å². The van der Waals surface area contributed by atoms with Gasteiger partial charge in [-0.15, -0.1) is 0 Å². The second kappa shape index (κ2) is 9.89. The maximum atomic E-state index is 13.3. The lowest BCUT2D eigenvalue weighted by Gasteiger charge is -2.20. The van der Waals surface area contributed by atoms with Crippen molar-refractivity contribution in [3.05, 3.63) is 63.9 Å². The van der Waals surface area contributed by atoms with E-state index in [4.69, 9.17) is 9.47 Å². The van der Waals surface area contributed by atoms with Crippen LogP contribution >= 0.6 is 0 Å². The molecule has 0 saturated heterocycles. The van der Waals surface area contributed by atoms with E-state index in [0.717, 1.165) is 30.4 Å². The molecule has 0 atom stereocenters. The number of sulfonamides is 1. The summed E-state index contributed by atoms with van der Waals surface area (Å²) in [6.07, 6.45) is 3.39. The SMILES string of the molecule is CCOc1ccc(NS(=O)(=O)c2cc(-c3nn(CC)c(=O)c4c3CCCC4)ccc2OC)cc1. The van der Waals surface area contributed by atoms with Gasteiger partial charge in [0.05, 0.1) is 19.4 Å². The molecule has 0 fully saturated rings. The van der Waals surface area contributed by atoms with Crippen LogP contribution in [0.25, 0.3) is 11.3 Å². The Morgan fingerprint density at radius 2 is 1.74 bits per heavy atom. The minimum absolute atomic E-state index is 0.00185. The second-order valence-corrected chi connectivity index (χ2v) is 9.71. The average Bonchev–Trinajstić information content (AvgIpc) is 2.85. The largest absolute Gasteiger partial charge is 0.495 e. The molecule has 0 radical (unpaired) electrons. The second-order valence-electron chi connectivity index (χ2n) is 8.06. The van der Waals surface area contributed by atoms with E-state index < -0.39 is 10.0 Å². The summed E-state index contributed by atoms with van der Waals surface area (Å²) in [5.41, 5.74) is 3.33. The van der Waals surface area contributed by atoms with Gasteiger partial charge in [0.15, 0.2) is 0 Å². The highest BCUT2D eigenvalue weighted by Gasteiger charge is 2.25. The van der Waals surface area contributed by atoms with Crippen molar-refractivity contribution in [1.82, 2.24) is 9.78 Å². The maximum Gasteiger partial charge on any atom is 0.270 e. The summed E-state index contributed by atoms with van der Waals surface area (Å²) >= 11 is 0. The molecule has 4 rings (SSSR count). The third-order valence-corrected chi connectivity index (χ3v) is 7.31. The normalized spacial score (nSPS) is 13.3. The van der Waals surface area contributed by atoms with Crippen LogP contribution in [-0.4, -0.2) is 31.9 Å². The molecular weight excluding hydrogens is 454 g/mol. The first kappa shape index (κ1) is 23.8. The summed E-state index contributed by atoms with van der Waals surface area (Å²) in [7, 11) is -2.54. The molecule has 1 heterocycles. The number of hydrogen-bond donors (Lipinski definition) is 1. The van der Waals surface area contributed by atoms with Gasteiger partial charge in [-0.1, -0.05) is 0 Å². The minimum Gasteiger partial charge on any atom is -0.495 e. The molecule has 34 heavy (non-hydrogen) atoms. The van der Waals surface area contributed by atoms with Crippen molar-refractivity contribution < 1.29 is 17.9 Å². The van der Waals surface area contributed by atoms with Crippen LogP contribution < -0.4 is 19.8 Å². The summed E-state index contributed by atoms with van der Waals surface area (Å²) in [4.78, 5) is 12.8. The van der Waals surface area contributed by atoms with Gasteiger partial charge in [-0.25, -0.2) is 13.1 Å². The molecule has 0 spiro atoms. The molecule has 1 N–H and O–H groups in total. The first-order valence-electron chi connectivity index (χ1n) is 11.4. The van der Waals surface area contributed by atoms with E-state index in [9.17, 15) is 13.2 Å². The number of fused-ring (bicyclic) bond motifs is 1. The molecule has 180 valence electrons. The number of nitrogens with zero attached hydrogens (tertiary/aromatic N) is 2. The molecule has 9 heteroatoms. The quantitative estimate of drug-likeness (QED) is 0.520.